The Balaban J connectivity index is 1.33. The van der Waals surface area contributed by atoms with Gasteiger partial charge in [0.25, 0.3) is 5.91 Å². The fraction of sp³-hybridized carbons (Fsp3) is 0.375. The van der Waals surface area contributed by atoms with Crippen LogP contribution in [0.15, 0.2) is 41.9 Å². The van der Waals surface area contributed by atoms with Gasteiger partial charge in [0.1, 0.15) is 5.69 Å². The molecule has 0 atom stereocenters. The second-order valence-corrected chi connectivity index (χ2v) is 9.34. The Kier molecular flexibility index (Phi) is 5.36. The van der Waals surface area contributed by atoms with Gasteiger partial charge in [-0.2, -0.15) is 5.10 Å². The maximum Gasteiger partial charge on any atom is 0.258 e. The lowest BCUT2D eigenvalue weighted by molar-refractivity contribution is -0.120. The number of hydrogen-bond acceptors (Lipinski definition) is 4. The van der Waals surface area contributed by atoms with Crippen molar-refractivity contribution in [3.05, 3.63) is 53.0 Å². The molecule has 6 nitrogen and oxygen atoms in total. The van der Waals surface area contributed by atoms with Crippen LogP contribution in [0.2, 0.25) is 0 Å². The average molecular weight is 435 g/mol. The van der Waals surface area contributed by atoms with Crippen LogP contribution in [0.25, 0.3) is 10.6 Å². The van der Waals surface area contributed by atoms with Gasteiger partial charge in [-0.25, -0.2) is 0 Å². The van der Waals surface area contributed by atoms with Crippen LogP contribution < -0.4 is 10.2 Å². The number of nitrogens with zero attached hydrogens (tertiary/aromatic N) is 3. The van der Waals surface area contributed by atoms with Gasteiger partial charge in [-0.05, 0) is 55.0 Å². The lowest BCUT2D eigenvalue weighted by Gasteiger charge is -2.22. The van der Waals surface area contributed by atoms with Gasteiger partial charge < -0.3 is 10.2 Å². The zero-order chi connectivity index (χ0) is 21.4. The number of amides is 2. The molecule has 1 aromatic carbocycles. The number of aromatic nitrogens is 2. The van der Waals surface area contributed by atoms with E-state index in [1.54, 1.807) is 23.5 Å². The van der Waals surface area contributed by atoms with Gasteiger partial charge in [-0.1, -0.05) is 19.3 Å². The Morgan fingerprint density at radius 1 is 1.10 bits per heavy atom. The molecule has 3 aromatic rings. The molecule has 3 heterocycles. The molecule has 0 spiro atoms. The first-order valence-electron chi connectivity index (χ1n) is 10.9. The first-order valence-corrected chi connectivity index (χ1v) is 11.8. The molecule has 1 saturated carbocycles. The number of carbonyl (C=O) groups excluding carboxylic acids is 2. The number of rotatable bonds is 3. The van der Waals surface area contributed by atoms with Gasteiger partial charge in [-0.15, -0.1) is 11.3 Å². The number of anilines is 2. The summed E-state index contributed by atoms with van der Waals surface area (Å²) >= 11 is 1.62. The number of nitrogens with one attached hydrogen (secondary N) is 1. The number of aryl methyl sites for hydroxylation is 1. The third-order valence-electron chi connectivity index (χ3n) is 6.28. The highest BCUT2D eigenvalue weighted by atomic mass is 32.1. The van der Waals surface area contributed by atoms with Gasteiger partial charge in [0.15, 0.2) is 0 Å². The van der Waals surface area contributed by atoms with E-state index in [9.17, 15) is 9.59 Å². The Morgan fingerprint density at radius 2 is 1.87 bits per heavy atom. The number of thiophene rings is 1. The van der Waals surface area contributed by atoms with Crippen LogP contribution in [-0.4, -0.2) is 28.1 Å². The third kappa shape index (κ3) is 3.90. The van der Waals surface area contributed by atoms with E-state index in [1.807, 2.05) is 46.4 Å². The summed E-state index contributed by atoms with van der Waals surface area (Å²) in [6.07, 6.45) is 8.24. The number of fused-ring (bicyclic) bond motifs is 3. The van der Waals surface area contributed by atoms with E-state index in [-0.39, 0.29) is 17.7 Å². The molecule has 2 aromatic heterocycles. The highest BCUT2D eigenvalue weighted by Crippen LogP contribution is 2.40. The van der Waals surface area contributed by atoms with Crippen molar-refractivity contribution in [3.63, 3.8) is 0 Å². The summed E-state index contributed by atoms with van der Waals surface area (Å²) in [6.45, 7) is 0.613. The molecule has 160 valence electrons. The molecule has 0 saturated heterocycles. The van der Waals surface area contributed by atoms with E-state index in [0.717, 1.165) is 54.0 Å². The Hall–Kier alpha value is -2.93. The molecule has 7 heteroatoms. The van der Waals surface area contributed by atoms with Gasteiger partial charge >= 0.3 is 0 Å². The molecule has 5 rings (SSSR count). The molecule has 1 N–H and O–H groups in total. The van der Waals surface area contributed by atoms with Crippen LogP contribution in [-0.2, 0) is 18.3 Å². The van der Waals surface area contributed by atoms with Crippen molar-refractivity contribution in [2.75, 3.05) is 16.8 Å². The van der Waals surface area contributed by atoms with Gasteiger partial charge in [0, 0.05) is 42.5 Å². The molecule has 0 bridgehead atoms. The van der Waals surface area contributed by atoms with Crippen molar-refractivity contribution in [2.24, 2.45) is 13.0 Å². The molecule has 0 unspecified atom stereocenters. The van der Waals surface area contributed by atoms with E-state index in [1.165, 1.54) is 12.0 Å². The molecule has 0 radical (unpaired) electrons. The first-order chi connectivity index (χ1) is 15.1. The van der Waals surface area contributed by atoms with Crippen molar-refractivity contribution >= 4 is 34.5 Å². The van der Waals surface area contributed by atoms with Crippen LogP contribution in [0.5, 0.6) is 0 Å². The fourth-order valence-electron chi connectivity index (χ4n) is 4.63. The van der Waals surface area contributed by atoms with Gasteiger partial charge in [-0.3, -0.25) is 14.3 Å². The summed E-state index contributed by atoms with van der Waals surface area (Å²) in [6, 6.07) is 9.27. The largest absolute Gasteiger partial charge is 0.326 e. The fourth-order valence-corrected chi connectivity index (χ4v) is 5.54. The predicted molar refractivity (Wildman–Crippen MR) is 124 cm³/mol. The van der Waals surface area contributed by atoms with Crippen molar-refractivity contribution in [3.8, 4) is 10.6 Å². The van der Waals surface area contributed by atoms with Crippen molar-refractivity contribution < 1.29 is 9.59 Å². The normalized spacial score (nSPS) is 16.4. The van der Waals surface area contributed by atoms with Gasteiger partial charge in [0.05, 0.1) is 10.6 Å². The highest BCUT2D eigenvalue weighted by molar-refractivity contribution is 7.14. The molecule has 1 aliphatic carbocycles. The van der Waals surface area contributed by atoms with E-state index in [0.29, 0.717) is 12.1 Å². The number of hydrogen-bond donors (Lipinski definition) is 1. The standard InChI is InChI=1S/C24H26N4O2S/c1-27-15-18-11-13-28(20-12-14-31-22(20)21(18)26-27)24(30)17-7-9-19(10-8-17)25-23(29)16-5-3-2-4-6-16/h7-10,12,14-16H,2-6,11,13H2,1H3,(H,25,29). The average Bonchev–Trinajstić information content (AvgIpc) is 3.38. The molecule has 1 fully saturated rings. The molecule has 2 amide bonds. The lowest BCUT2D eigenvalue weighted by Crippen LogP contribution is -2.32. The second kappa shape index (κ2) is 8.30. The molecular weight excluding hydrogens is 408 g/mol. The van der Waals surface area contributed by atoms with E-state index in [4.69, 9.17) is 0 Å². The summed E-state index contributed by atoms with van der Waals surface area (Å²) in [7, 11) is 1.93. The Morgan fingerprint density at radius 3 is 2.65 bits per heavy atom. The lowest BCUT2D eigenvalue weighted by atomic mass is 9.88. The maximum absolute atomic E-state index is 13.4. The minimum absolute atomic E-state index is 0.0284. The third-order valence-corrected chi connectivity index (χ3v) is 7.19. The molecule has 2 aliphatic rings. The van der Waals surface area contributed by atoms with Crippen LogP contribution in [0, 0.1) is 5.92 Å². The minimum atomic E-state index is -0.0284. The number of benzene rings is 1. The smallest absolute Gasteiger partial charge is 0.258 e. The zero-order valence-electron chi connectivity index (χ0n) is 17.6. The molecule has 31 heavy (non-hydrogen) atoms. The van der Waals surface area contributed by atoms with E-state index in [2.05, 4.69) is 10.4 Å². The van der Waals surface area contributed by atoms with Crippen molar-refractivity contribution in [1.82, 2.24) is 9.78 Å². The van der Waals surface area contributed by atoms with Crippen LogP contribution >= 0.6 is 11.3 Å². The topological polar surface area (TPSA) is 67.2 Å². The van der Waals surface area contributed by atoms with Crippen LogP contribution in [0.3, 0.4) is 0 Å². The van der Waals surface area contributed by atoms with Crippen molar-refractivity contribution in [1.29, 1.82) is 0 Å². The Labute approximate surface area is 185 Å². The molecule has 1 aliphatic heterocycles. The molecular formula is C24H26N4O2S. The zero-order valence-corrected chi connectivity index (χ0v) is 18.5. The number of carbonyl (C=O) groups is 2. The highest BCUT2D eigenvalue weighted by Gasteiger charge is 2.28. The maximum atomic E-state index is 13.4. The SMILES string of the molecule is Cn1cc2c(n1)-c1sccc1N(C(=O)c1ccc(NC(=O)C3CCCCC3)cc1)CC2. The summed E-state index contributed by atoms with van der Waals surface area (Å²) in [4.78, 5) is 28.7. The Bertz CT molecular complexity index is 1110. The first kappa shape index (κ1) is 20.0. The monoisotopic (exact) mass is 434 g/mol. The summed E-state index contributed by atoms with van der Waals surface area (Å²) in [5.41, 5.74) is 4.43. The van der Waals surface area contributed by atoms with Gasteiger partial charge in [0.2, 0.25) is 5.91 Å². The van der Waals surface area contributed by atoms with Crippen molar-refractivity contribution in [2.45, 2.75) is 38.5 Å². The minimum Gasteiger partial charge on any atom is -0.326 e. The summed E-state index contributed by atoms with van der Waals surface area (Å²) < 4.78 is 1.84. The summed E-state index contributed by atoms with van der Waals surface area (Å²) in [5.74, 6) is 0.180. The van der Waals surface area contributed by atoms with E-state index < -0.39 is 0 Å². The predicted octanol–water partition coefficient (Wildman–Crippen LogP) is 4.87. The quantitative estimate of drug-likeness (QED) is 0.639. The van der Waals surface area contributed by atoms with Crippen LogP contribution in [0.1, 0.15) is 48.0 Å². The van der Waals surface area contributed by atoms with E-state index >= 15 is 0 Å². The summed E-state index contributed by atoms with van der Waals surface area (Å²) in [5, 5.41) is 9.65. The second-order valence-electron chi connectivity index (χ2n) is 8.42. The van der Waals surface area contributed by atoms with Crippen LogP contribution in [0.4, 0.5) is 11.4 Å².